The van der Waals surface area contributed by atoms with Crippen LogP contribution in [0.1, 0.15) is 30.3 Å². The van der Waals surface area contributed by atoms with Crippen molar-refractivity contribution in [2.45, 2.75) is 19.8 Å². The molecule has 1 aromatic heterocycles. The number of nitrogens with zero attached hydrogens (tertiary/aromatic N) is 1. The summed E-state index contributed by atoms with van der Waals surface area (Å²) in [6, 6.07) is 3.43. The van der Waals surface area contributed by atoms with Gasteiger partial charge in [-0.2, -0.15) is 0 Å². The third-order valence-electron chi connectivity index (χ3n) is 2.49. The van der Waals surface area contributed by atoms with Crippen LogP contribution >= 0.6 is 0 Å². The lowest BCUT2D eigenvalue weighted by Crippen LogP contribution is -2.31. The van der Waals surface area contributed by atoms with E-state index in [0.717, 1.165) is 12.1 Å². The van der Waals surface area contributed by atoms with E-state index < -0.39 is 0 Å². The summed E-state index contributed by atoms with van der Waals surface area (Å²) < 4.78 is 0. The number of anilines is 1. The Morgan fingerprint density at radius 2 is 2.05 bits per heavy atom. The van der Waals surface area contributed by atoms with Crippen LogP contribution < -0.4 is 16.0 Å². The van der Waals surface area contributed by atoms with Gasteiger partial charge in [-0.3, -0.25) is 14.6 Å². The number of amides is 2. The normalized spacial score (nSPS) is 9.79. The predicted octanol–water partition coefficient (Wildman–Crippen LogP) is 0.769. The number of carbonyl (C=O) groups excluding carboxylic acids is 2. The van der Waals surface area contributed by atoms with Gasteiger partial charge in [-0.25, -0.2) is 0 Å². The minimum atomic E-state index is -0.277. The molecule has 0 atom stereocenters. The molecular formula is C13H20N4O2. The van der Waals surface area contributed by atoms with E-state index >= 15 is 0 Å². The summed E-state index contributed by atoms with van der Waals surface area (Å²) in [6.45, 7) is 2.96. The van der Waals surface area contributed by atoms with Crippen LogP contribution in [-0.4, -0.2) is 36.9 Å². The predicted molar refractivity (Wildman–Crippen MR) is 74.0 cm³/mol. The second kappa shape index (κ2) is 8.07. The molecule has 0 saturated heterocycles. The molecule has 0 aliphatic carbocycles. The van der Waals surface area contributed by atoms with E-state index in [1.807, 2.05) is 6.92 Å². The van der Waals surface area contributed by atoms with Crippen LogP contribution in [0.4, 0.5) is 5.69 Å². The molecule has 104 valence electrons. The molecule has 2 amide bonds. The highest BCUT2D eigenvalue weighted by Gasteiger charge is 2.08. The van der Waals surface area contributed by atoms with Crippen LogP contribution in [0.2, 0.25) is 0 Å². The van der Waals surface area contributed by atoms with Gasteiger partial charge in [0.15, 0.2) is 0 Å². The van der Waals surface area contributed by atoms with E-state index in [4.69, 9.17) is 0 Å². The molecule has 3 N–H and O–H groups in total. The summed E-state index contributed by atoms with van der Waals surface area (Å²) in [6.07, 6.45) is 2.74. The number of nitrogens with one attached hydrogen (secondary N) is 3. The number of hydrogen-bond acceptors (Lipinski definition) is 4. The zero-order chi connectivity index (χ0) is 14.1. The first kappa shape index (κ1) is 14.9. The fraction of sp³-hybridized carbons (Fsp3) is 0.462. The van der Waals surface area contributed by atoms with E-state index in [1.165, 1.54) is 0 Å². The standard InChI is InChI=1S/C13H20N4O2/c1-3-6-16-12(18)5-8-17-13(19)11-9-10(14-2)4-7-15-11/h4,7,9H,3,5-6,8H2,1-2H3,(H,14,15)(H,16,18)(H,17,19). The maximum absolute atomic E-state index is 11.8. The van der Waals surface area contributed by atoms with Gasteiger partial charge < -0.3 is 16.0 Å². The van der Waals surface area contributed by atoms with Crippen LogP contribution in [0, 0.1) is 0 Å². The van der Waals surface area contributed by atoms with Gasteiger partial charge in [0.05, 0.1) is 0 Å². The molecule has 0 unspecified atom stereocenters. The minimum Gasteiger partial charge on any atom is -0.388 e. The highest BCUT2D eigenvalue weighted by atomic mass is 16.2. The van der Waals surface area contributed by atoms with Gasteiger partial charge in [0.2, 0.25) is 5.91 Å². The van der Waals surface area contributed by atoms with Gasteiger partial charge in [-0.05, 0) is 18.6 Å². The third-order valence-corrected chi connectivity index (χ3v) is 2.49. The molecule has 0 spiro atoms. The van der Waals surface area contributed by atoms with Crippen molar-refractivity contribution >= 4 is 17.5 Å². The number of rotatable bonds is 7. The average Bonchev–Trinajstić information content (AvgIpc) is 2.45. The largest absolute Gasteiger partial charge is 0.388 e. The van der Waals surface area contributed by atoms with E-state index in [0.29, 0.717) is 18.8 Å². The van der Waals surface area contributed by atoms with Crippen LogP contribution in [-0.2, 0) is 4.79 Å². The summed E-state index contributed by atoms with van der Waals surface area (Å²) in [5, 5.41) is 8.35. The van der Waals surface area contributed by atoms with E-state index in [9.17, 15) is 9.59 Å². The molecule has 1 heterocycles. The maximum Gasteiger partial charge on any atom is 0.269 e. The molecule has 6 heteroatoms. The first-order valence-corrected chi connectivity index (χ1v) is 6.36. The van der Waals surface area contributed by atoms with Crippen LogP contribution in [0.5, 0.6) is 0 Å². The van der Waals surface area contributed by atoms with Gasteiger partial charge >= 0.3 is 0 Å². The number of aromatic nitrogens is 1. The summed E-state index contributed by atoms with van der Waals surface area (Å²) in [5.74, 6) is -0.334. The summed E-state index contributed by atoms with van der Waals surface area (Å²) in [4.78, 5) is 27.1. The van der Waals surface area contributed by atoms with E-state index in [2.05, 4.69) is 20.9 Å². The molecule has 0 aliphatic rings. The van der Waals surface area contributed by atoms with Crippen molar-refractivity contribution in [2.24, 2.45) is 0 Å². The first-order valence-electron chi connectivity index (χ1n) is 6.36. The van der Waals surface area contributed by atoms with Crippen molar-refractivity contribution in [3.05, 3.63) is 24.0 Å². The van der Waals surface area contributed by atoms with Crippen molar-refractivity contribution in [1.29, 1.82) is 0 Å². The second-order valence-electron chi connectivity index (χ2n) is 4.04. The molecule has 0 aromatic carbocycles. The fourth-order valence-electron chi connectivity index (χ4n) is 1.44. The topological polar surface area (TPSA) is 83.1 Å². The monoisotopic (exact) mass is 264 g/mol. The molecule has 0 saturated carbocycles. The van der Waals surface area contributed by atoms with Gasteiger partial charge in [0.25, 0.3) is 5.91 Å². The summed E-state index contributed by atoms with van der Waals surface area (Å²) in [7, 11) is 1.77. The SMILES string of the molecule is CCCNC(=O)CCNC(=O)c1cc(NC)ccn1. The van der Waals surface area contributed by atoms with Crippen molar-refractivity contribution in [3.8, 4) is 0 Å². The summed E-state index contributed by atoms with van der Waals surface area (Å²) >= 11 is 0. The number of carbonyl (C=O) groups is 2. The number of pyridine rings is 1. The Bertz CT molecular complexity index is 434. The molecule has 1 aromatic rings. The third kappa shape index (κ3) is 5.37. The van der Waals surface area contributed by atoms with Gasteiger partial charge in [0, 0.05) is 38.4 Å². The van der Waals surface area contributed by atoms with Crippen LogP contribution in [0.3, 0.4) is 0 Å². The zero-order valence-electron chi connectivity index (χ0n) is 11.3. The van der Waals surface area contributed by atoms with Gasteiger partial charge in [0.1, 0.15) is 5.69 Å². The van der Waals surface area contributed by atoms with Crippen molar-refractivity contribution in [1.82, 2.24) is 15.6 Å². The lowest BCUT2D eigenvalue weighted by molar-refractivity contribution is -0.120. The smallest absolute Gasteiger partial charge is 0.269 e. The van der Waals surface area contributed by atoms with Crippen LogP contribution in [0.15, 0.2) is 18.3 Å². The Morgan fingerprint density at radius 3 is 2.74 bits per heavy atom. The first-order chi connectivity index (χ1) is 9.17. The highest BCUT2D eigenvalue weighted by Crippen LogP contribution is 2.06. The fourth-order valence-corrected chi connectivity index (χ4v) is 1.44. The molecular weight excluding hydrogens is 244 g/mol. The Labute approximate surface area is 113 Å². The Kier molecular flexibility index (Phi) is 6.35. The maximum atomic E-state index is 11.8. The van der Waals surface area contributed by atoms with E-state index in [-0.39, 0.29) is 18.2 Å². The molecule has 0 radical (unpaired) electrons. The molecule has 19 heavy (non-hydrogen) atoms. The lowest BCUT2D eigenvalue weighted by atomic mass is 10.3. The molecule has 0 bridgehead atoms. The van der Waals surface area contributed by atoms with Gasteiger partial charge in [-0.15, -0.1) is 0 Å². The minimum absolute atomic E-state index is 0.0564. The Balaban J connectivity index is 2.36. The molecule has 0 aliphatic heterocycles. The Morgan fingerprint density at radius 1 is 1.26 bits per heavy atom. The second-order valence-corrected chi connectivity index (χ2v) is 4.04. The van der Waals surface area contributed by atoms with E-state index in [1.54, 1.807) is 25.4 Å². The van der Waals surface area contributed by atoms with Crippen molar-refractivity contribution < 1.29 is 9.59 Å². The lowest BCUT2D eigenvalue weighted by Gasteiger charge is -2.06. The highest BCUT2D eigenvalue weighted by molar-refractivity contribution is 5.93. The molecule has 6 nitrogen and oxygen atoms in total. The van der Waals surface area contributed by atoms with Crippen molar-refractivity contribution in [3.63, 3.8) is 0 Å². The van der Waals surface area contributed by atoms with Gasteiger partial charge in [-0.1, -0.05) is 6.92 Å². The number of hydrogen-bond donors (Lipinski definition) is 3. The molecule has 0 fully saturated rings. The van der Waals surface area contributed by atoms with Crippen molar-refractivity contribution in [2.75, 3.05) is 25.5 Å². The zero-order valence-corrected chi connectivity index (χ0v) is 11.3. The summed E-state index contributed by atoms with van der Waals surface area (Å²) in [5.41, 5.74) is 1.15. The quantitative estimate of drug-likeness (QED) is 0.679. The molecule has 1 rings (SSSR count). The average molecular weight is 264 g/mol. The Hall–Kier alpha value is -2.11. The van der Waals surface area contributed by atoms with Crippen LogP contribution in [0.25, 0.3) is 0 Å².